The maximum absolute atomic E-state index is 13.5. The lowest BCUT2D eigenvalue weighted by Gasteiger charge is -2.24. The molecule has 2 aliphatic heterocycles. The van der Waals surface area contributed by atoms with Crippen molar-refractivity contribution in [1.29, 1.82) is 0 Å². The van der Waals surface area contributed by atoms with Gasteiger partial charge in [-0.1, -0.05) is 36.4 Å². The zero-order valence-corrected chi connectivity index (χ0v) is 19.2. The molecule has 0 unspecified atom stereocenters. The average Bonchev–Trinajstić information content (AvgIpc) is 3.34. The summed E-state index contributed by atoms with van der Waals surface area (Å²) in [7, 11) is 0. The highest BCUT2D eigenvalue weighted by Crippen LogP contribution is 2.38. The maximum atomic E-state index is 13.5. The summed E-state index contributed by atoms with van der Waals surface area (Å²) < 4.78 is 5.90. The highest BCUT2D eigenvalue weighted by atomic mass is 16.5. The van der Waals surface area contributed by atoms with E-state index in [0.717, 1.165) is 24.3 Å². The molecule has 0 aliphatic carbocycles. The Bertz CT molecular complexity index is 1170. The fourth-order valence-corrected chi connectivity index (χ4v) is 4.66. The van der Waals surface area contributed by atoms with E-state index in [1.54, 1.807) is 17.0 Å². The normalized spacial score (nSPS) is 15.3. The Hall–Kier alpha value is -3.64. The number of para-hydroxylation sites is 3. The van der Waals surface area contributed by atoms with E-state index in [2.05, 4.69) is 10.2 Å². The van der Waals surface area contributed by atoms with Crippen LogP contribution in [0.25, 0.3) is 0 Å². The molecule has 1 fully saturated rings. The van der Waals surface area contributed by atoms with Crippen molar-refractivity contribution in [3.05, 3.63) is 83.9 Å². The molecule has 1 saturated heterocycles. The van der Waals surface area contributed by atoms with Crippen molar-refractivity contribution in [2.24, 2.45) is 0 Å². The number of hydrogen-bond acceptors (Lipinski definition) is 4. The molecule has 2 amide bonds. The first kappa shape index (κ1) is 22.2. The standard InChI is InChI=1S/C28H29N3O3/c32-27(20-21-12-14-22(15-13-21)34-19-7-18-30-16-5-6-17-30)31-25-10-3-1-8-23(25)28(33)29-24-9-2-4-11-26(24)31/h1-4,8-15H,5-7,16-20H2,(H,29,33). The van der Waals surface area contributed by atoms with E-state index < -0.39 is 0 Å². The number of fused-ring (bicyclic) bond motifs is 2. The molecule has 6 heteroatoms. The van der Waals surface area contributed by atoms with Crippen LogP contribution in [0.3, 0.4) is 0 Å². The van der Waals surface area contributed by atoms with Crippen molar-refractivity contribution in [2.75, 3.05) is 36.5 Å². The minimum atomic E-state index is -0.218. The predicted octanol–water partition coefficient (Wildman–Crippen LogP) is 5.02. The van der Waals surface area contributed by atoms with Crippen molar-refractivity contribution >= 4 is 28.9 Å². The molecular formula is C28H29N3O3. The van der Waals surface area contributed by atoms with Crippen LogP contribution in [-0.2, 0) is 11.2 Å². The molecule has 6 nitrogen and oxygen atoms in total. The SMILES string of the molecule is O=C1Nc2ccccc2N(C(=O)Cc2ccc(OCCCN3CCCC3)cc2)c2ccccc21. The van der Waals surface area contributed by atoms with E-state index in [0.29, 0.717) is 29.2 Å². The van der Waals surface area contributed by atoms with Crippen LogP contribution < -0.4 is 15.0 Å². The van der Waals surface area contributed by atoms with Crippen LogP contribution in [0, 0.1) is 0 Å². The van der Waals surface area contributed by atoms with Gasteiger partial charge in [0, 0.05) is 6.54 Å². The van der Waals surface area contributed by atoms with Crippen LogP contribution in [-0.4, -0.2) is 43.0 Å². The van der Waals surface area contributed by atoms with Crippen molar-refractivity contribution < 1.29 is 14.3 Å². The smallest absolute Gasteiger partial charge is 0.257 e. The van der Waals surface area contributed by atoms with Crippen LogP contribution in [0.2, 0.25) is 0 Å². The van der Waals surface area contributed by atoms with Crippen LogP contribution in [0.1, 0.15) is 35.2 Å². The molecule has 34 heavy (non-hydrogen) atoms. The Morgan fingerprint density at radius 3 is 2.38 bits per heavy atom. The van der Waals surface area contributed by atoms with Gasteiger partial charge in [0.15, 0.2) is 0 Å². The number of carbonyl (C=O) groups is 2. The van der Waals surface area contributed by atoms with Gasteiger partial charge in [-0.25, -0.2) is 0 Å². The third-order valence-electron chi connectivity index (χ3n) is 6.40. The number of anilines is 3. The topological polar surface area (TPSA) is 61.9 Å². The zero-order chi connectivity index (χ0) is 23.3. The van der Waals surface area contributed by atoms with Crippen LogP contribution in [0.4, 0.5) is 17.1 Å². The van der Waals surface area contributed by atoms with Gasteiger partial charge in [-0.3, -0.25) is 14.5 Å². The summed E-state index contributed by atoms with van der Waals surface area (Å²) in [6.07, 6.45) is 3.85. The lowest BCUT2D eigenvalue weighted by molar-refractivity contribution is -0.117. The predicted molar refractivity (Wildman–Crippen MR) is 134 cm³/mol. The highest BCUT2D eigenvalue weighted by Gasteiger charge is 2.28. The molecule has 0 saturated carbocycles. The summed E-state index contributed by atoms with van der Waals surface area (Å²) in [6, 6.07) is 22.3. The quantitative estimate of drug-likeness (QED) is 0.508. The molecular weight excluding hydrogens is 426 g/mol. The van der Waals surface area contributed by atoms with Gasteiger partial charge in [0.25, 0.3) is 5.91 Å². The van der Waals surface area contributed by atoms with E-state index in [9.17, 15) is 9.59 Å². The second-order valence-corrected chi connectivity index (χ2v) is 8.79. The van der Waals surface area contributed by atoms with Crippen molar-refractivity contribution in [1.82, 2.24) is 4.90 Å². The summed E-state index contributed by atoms with van der Waals surface area (Å²) >= 11 is 0. The van der Waals surface area contributed by atoms with Gasteiger partial charge in [0.2, 0.25) is 5.91 Å². The van der Waals surface area contributed by atoms with E-state index in [1.165, 1.54) is 25.9 Å². The number of nitrogens with one attached hydrogen (secondary N) is 1. The fraction of sp³-hybridized carbons (Fsp3) is 0.286. The first-order valence-corrected chi connectivity index (χ1v) is 12.0. The number of benzene rings is 3. The molecule has 2 heterocycles. The summed E-state index contributed by atoms with van der Waals surface area (Å²) in [4.78, 5) is 30.4. The van der Waals surface area contributed by atoms with E-state index in [1.807, 2.05) is 60.7 Å². The Morgan fingerprint density at radius 2 is 1.59 bits per heavy atom. The third-order valence-corrected chi connectivity index (χ3v) is 6.40. The Labute approximate surface area is 200 Å². The minimum Gasteiger partial charge on any atom is -0.494 e. The Morgan fingerprint density at radius 1 is 0.882 bits per heavy atom. The number of ether oxygens (including phenoxy) is 1. The lowest BCUT2D eigenvalue weighted by atomic mass is 10.1. The van der Waals surface area contributed by atoms with Crippen molar-refractivity contribution in [3.8, 4) is 5.75 Å². The Balaban J connectivity index is 1.27. The fourth-order valence-electron chi connectivity index (χ4n) is 4.66. The molecule has 3 aromatic carbocycles. The van der Waals surface area contributed by atoms with Crippen molar-refractivity contribution in [2.45, 2.75) is 25.7 Å². The largest absolute Gasteiger partial charge is 0.494 e. The summed E-state index contributed by atoms with van der Waals surface area (Å²) in [6.45, 7) is 4.19. The summed E-state index contributed by atoms with van der Waals surface area (Å²) in [5, 5.41) is 2.92. The summed E-state index contributed by atoms with van der Waals surface area (Å²) in [5.41, 5.74) is 3.25. The van der Waals surface area contributed by atoms with Gasteiger partial charge in [0.1, 0.15) is 5.75 Å². The summed E-state index contributed by atoms with van der Waals surface area (Å²) in [5.74, 6) is 0.498. The molecule has 0 atom stereocenters. The number of nitrogens with zero attached hydrogens (tertiary/aromatic N) is 2. The highest BCUT2D eigenvalue weighted by molar-refractivity contribution is 6.17. The minimum absolute atomic E-state index is 0.101. The second kappa shape index (κ2) is 10.1. The van der Waals surface area contributed by atoms with E-state index >= 15 is 0 Å². The molecule has 0 spiro atoms. The molecule has 0 bridgehead atoms. The second-order valence-electron chi connectivity index (χ2n) is 8.79. The lowest BCUT2D eigenvalue weighted by Crippen LogP contribution is -2.28. The number of hydrogen-bond donors (Lipinski definition) is 1. The van der Waals surface area contributed by atoms with Crippen LogP contribution in [0.5, 0.6) is 5.75 Å². The average molecular weight is 456 g/mol. The Kier molecular flexibility index (Phi) is 6.58. The zero-order valence-electron chi connectivity index (χ0n) is 19.2. The van der Waals surface area contributed by atoms with Gasteiger partial charge in [-0.15, -0.1) is 0 Å². The van der Waals surface area contributed by atoms with Gasteiger partial charge >= 0.3 is 0 Å². The molecule has 174 valence electrons. The number of carbonyl (C=O) groups excluding carboxylic acids is 2. The molecule has 3 aromatic rings. The van der Waals surface area contributed by atoms with E-state index in [4.69, 9.17) is 4.74 Å². The van der Waals surface area contributed by atoms with Gasteiger partial charge in [-0.2, -0.15) is 0 Å². The third kappa shape index (κ3) is 4.82. The monoisotopic (exact) mass is 455 g/mol. The number of rotatable bonds is 7. The van der Waals surface area contributed by atoms with E-state index in [-0.39, 0.29) is 18.2 Å². The maximum Gasteiger partial charge on any atom is 0.257 e. The molecule has 1 N–H and O–H groups in total. The molecule has 0 aromatic heterocycles. The van der Waals surface area contributed by atoms with Gasteiger partial charge in [0.05, 0.1) is 35.7 Å². The van der Waals surface area contributed by atoms with Crippen molar-refractivity contribution in [3.63, 3.8) is 0 Å². The molecule has 0 radical (unpaired) electrons. The first-order valence-electron chi connectivity index (χ1n) is 12.0. The molecule has 2 aliphatic rings. The van der Waals surface area contributed by atoms with Crippen LogP contribution >= 0.6 is 0 Å². The van der Waals surface area contributed by atoms with Gasteiger partial charge in [-0.05, 0) is 74.3 Å². The number of amides is 2. The first-order chi connectivity index (χ1) is 16.7. The number of likely N-dealkylation sites (tertiary alicyclic amines) is 1. The van der Waals surface area contributed by atoms with Gasteiger partial charge < -0.3 is 15.0 Å². The molecule has 5 rings (SSSR count). The van der Waals surface area contributed by atoms with Crippen LogP contribution in [0.15, 0.2) is 72.8 Å².